The number of aromatic hydroxyl groups is 1. The fourth-order valence-electron chi connectivity index (χ4n) is 2.84. The van der Waals surface area contributed by atoms with Crippen LogP contribution in [0.25, 0.3) is 0 Å². The Morgan fingerprint density at radius 3 is 2.88 bits per heavy atom. The molecule has 7 heteroatoms. The number of para-hydroxylation sites is 1. The summed E-state index contributed by atoms with van der Waals surface area (Å²) >= 11 is 0. The molecule has 1 aliphatic rings. The topological polar surface area (TPSA) is 66.3 Å². The molecule has 6 nitrogen and oxygen atoms in total. The SMILES string of the molecule is CCNC(=NCc1cccc(OC)c1O)N1CCC(COC)C1.I. The van der Waals surface area contributed by atoms with Gasteiger partial charge < -0.3 is 24.8 Å². The molecular weight excluding hydrogens is 421 g/mol. The van der Waals surface area contributed by atoms with E-state index in [1.165, 1.54) is 0 Å². The van der Waals surface area contributed by atoms with Crippen LogP contribution in [0, 0.1) is 5.92 Å². The van der Waals surface area contributed by atoms with Gasteiger partial charge in [-0.2, -0.15) is 0 Å². The van der Waals surface area contributed by atoms with E-state index in [2.05, 4.69) is 22.1 Å². The molecule has 0 spiro atoms. The number of likely N-dealkylation sites (tertiary alicyclic amines) is 1. The molecule has 0 saturated carbocycles. The van der Waals surface area contributed by atoms with Gasteiger partial charge in [-0.3, -0.25) is 0 Å². The standard InChI is InChI=1S/C17H27N3O3.HI/c1-4-18-17(20-9-8-13(11-20)12-22-2)19-10-14-6-5-7-15(23-3)16(14)21;/h5-7,13,21H,4,8-12H2,1-3H3,(H,18,19);1H. The van der Waals surface area contributed by atoms with Crippen molar-refractivity contribution in [3.05, 3.63) is 23.8 Å². The van der Waals surface area contributed by atoms with Gasteiger partial charge in [0.25, 0.3) is 0 Å². The number of methoxy groups -OCH3 is 2. The maximum atomic E-state index is 10.2. The van der Waals surface area contributed by atoms with E-state index in [4.69, 9.17) is 9.47 Å². The molecule has 1 aromatic rings. The summed E-state index contributed by atoms with van der Waals surface area (Å²) in [5.74, 6) is 2.07. The molecule has 0 aromatic heterocycles. The number of hydrogen-bond donors (Lipinski definition) is 2. The van der Waals surface area contributed by atoms with Crippen LogP contribution >= 0.6 is 24.0 Å². The van der Waals surface area contributed by atoms with Crippen LogP contribution in [0.5, 0.6) is 11.5 Å². The highest BCUT2D eigenvalue weighted by atomic mass is 127. The highest BCUT2D eigenvalue weighted by Crippen LogP contribution is 2.29. The van der Waals surface area contributed by atoms with Gasteiger partial charge >= 0.3 is 0 Å². The molecule has 0 amide bonds. The summed E-state index contributed by atoms with van der Waals surface area (Å²) in [4.78, 5) is 6.93. The highest BCUT2D eigenvalue weighted by molar-refractivity contribution is 14.0. The predicted molar refractivity (Wildman–Crippen MR) is 106 cm³/mol. The molecule has 1 aliphatic heterocycles. The molecular formula is C17H28IN3O3. The summed E-state index contributed by atoms with van der Waals surface area (Å²) in [6.07, 6.45) is 1.11. The first-order valence-electron chi connectivity index (χ1n) is 8.06. The van der Waals surface area contributed by atoms with Crippen LogP contribution < -0.4 is 10.1 Å². The average Bonchev–Trinajstić information content (AvgIpc) is 3.01. The second-order valence-corrected chi connectivity index (χ2v) is 5.69. The van der Waals surface area contributed by atoms with Gasteiger partial charge in [0.1, 0.15) is 0 Å². The third-order valence-electron chi connectivity index (χ3n) is 4.02. The number of phenols is 1. The van der Waals surface area contributed by atoms with E-state index in [1.807, 2.05) is 12.1 Å². The molecule has 0 aliphatic carbocycles. The Morgan fingerprint density at radius 1 is 1.42 bits per heavy atom. The van der Waals surface area contributed by atoms with E-state index in [0.717, 1.165) is 44.2 Å². The molecule has 1 heterocycles. The smallest absolute Gasteiger partial charge is 0.194 e. The predicted octanol–water partition coefficient (Wildman–Crippen LogP) is 2.45. The van der Waals surface area contributed by atoms with E-state index in [1.54, 1.807) is 20.3 Å². The molecule has 24 heavy (non-hydrogen) atoms. The first kappa shape index (κ1) is 20.8. The fourth-order valence-corrected chi connectivity index (χ4v) is 2.84. The van der Waals surface area contributed by atoms with E-state index in [9.17, 15) is 5.11 Å². The van der Waals surface area contributed by atoms with Crippen molar-refractivity contribution in [2.24, 2.45) is 10.9 Å². The monoisotopic (exact) mass is 449 g/mol. The van der Waals surface area contributed by atoms with Gasteiger partial charge in [0.05, 0.1) is 20.3 Å². The van der Waals surface area contributed by atoms with Crippen LogP contribution in [0.1, 0.15) is 18.9 Å². The third-order valence-corrected chi connectivity index (χ3v) is 4.02. The lowest BCUT2D eigenvalue weighted by Gasteiger charge is -2.21. The molecule has 1 atom stereocenters. The van der Waals surface area contributed by atoms with E-state index >= 15 is 0 Å². The summed E-state index contributed by atoms with van der Waals surface area (Å²) < 4.78 is 10.4. The molecule has 2 N–H and O–H groups in total. The summed E-state index contributed by atoms with van der Waals surface area (Å²) in [6.45, 7) is 5.99. The minimum absolute atomic E-state index is 0. The third kappa shape index (κ3) is 5.41. The number of hydrogen-bond acceptors (Lipinski definition) is 4. The minimum atomic E-state index is 0. The first-order valence-corrected chi connectivity index (χ1v) is 8.06. The molecule has 1 saturated heterocycles. The Morgan fingerprint density at radius 2 is 2.21 bits per heavy atom. The molecule has 0 bridgehead atoms. The van der Waals surface area contributed by atoms with Crippen LogP contribution in [0.15, 0.2) is 23.2 Å². The molecule has 0 radical (unpaired) electrons. The lowest BCUT2D eigenvalue weighted by atomic mass is 10.1. The Bertz CT molecular complexity index is 540. The van der Waals surface area contributed by atoms with Gasteiger partial charge in [-0.15, -0.1) is 24.0 Å². The Labute approximate surface area is 161 Å². The first-order chi connectivity index (χ1) is 11.2. The number of halogens is 1. The van der Waals surface area contributed by atoms with Crippen molar-refractivity contribution in [3.63, 3.8) is 0 Å². The number of aliphatic imine (C=N–C) groups is 1. The number of nitrogens with one attached hydrogen (secondary N) is 1. The van der Waals surface area contributed by atoms with Crippen molar-refractivity contribution in [2.75, 3.05) is 40.5 Å². The van der Waals surface area contributed by atoms with Crippen molar-refractivity contribution in [1.82, 2.24) is 10.2 Å². The quantitative estimate of drug-likeness (QED) is 0.397. The van der Waals surface area contributed by atoms with Gasteiger partial charge in [-0.25, -0.2) is 4.99 Å². The molecule has 2 rings (SSSR count). The number of rotatable bonds is 6. The summed E-state index contributed by atoms with van der Waals surface area (Å²) in [5, 5.41) is 13.5. The zero-order valence-corrected chi connectivity index (χ0v) is 16.9. The van der Waals surface area contributed by atoms with Gasteiger partial charge in [0.15, 0.2) is 17.5 Å². The zero-order valence-electron chi connectivity index (χ0n) is 14.6. The number of phenolic OH excluding ortho intramolecular Hbond substituents is 1. The number of benzene rings is 1. The van der Waals surface area contributed by atoms with Crippen LogP contribution in [-0.2, 0) is 11.3 Å². The summed E-state index contributed by atoms with van der Waals surface area (Å²) in [7, 11) is 3.29. The van der Waals surface area contributed by atoms with Crippen molar-refractivity contribution in [3.8, 4) is 11.5 Å². The number of nitrogens with zero attached hydrogens (tertiary/aromatic N) is 2. The largest absolute Gasteiger partial charge is 0.504 e. The lowest BCUT2D eigenvalue weighted by Crippen LogP contribution is -2.40. The zero-order chi connectivity index (χ0) is 16.7. The van der Waals surface area contributed by atoms with Crippen molar-refractivity contribution in [2.45, 2.75) is 19.9 Å². The van der Waals surface area contributed by atoms with E-state index in [-0.39, 0.29) is 29.7 Å². The second kappa shape index (κ2) is 10.6. The van der Waals surface area contributed by atoms with E-state index < -0.39 is 0 Å². The van der Waals surface area contributed by atoms with Crippen LogP contribution in [0.2, 0.25) is 0 Å². The lowest BCUT2D eigenvalue weighted by molar-refractivity contribution is 0.157. The van der Waals surface area contributed by atoms with Gasteiger partial charge in [-0.05, 0) is 19.4 Å². The molecule has 1 fully saturated rings. The van der Waals surface area contributed by atoms with Gasteiger partial charge in [-0.1, -0.05) is 12.1 Å². The second-order valence-electron chi connectivity index (χ2n) is 5.69. The Balaban J connectivity index is 0.00000288. The van der Waals surface area contributed by atoms with Crippen molar-refractivity contribution in [1.29, 1.82) is 0 Å². The average molecular weight is 449 g/mol. The Hall–Kier alpha value is -1.22. The molecule has 1 unspecified atom stereocenters. The maximum Gasteiger partial charge on any atom is 0.194 e. The summed E-state index contributed by atoms with van der Waals surface area (Å²) in [6, 6.07) is 5.47. The number of ether oxygens (including phenoxy) is 2. The summed E-state index contributed by atoms with van der Waals surface area (Å²) in [5.41, 5.74) is 0.757. The molecule has 1 aromatic carbocycles. The van der Waals surface area contributed by atoms with Gasteiger partial charge in [0.2, 0.25) is 0 Å². The number of guanidine groups is 1. The minimum Gasteiger partial charge on any atom is -0.504 e. The van der Waals surface area contributed by atoms with Crippen LogP contribution in [-0.4, -0.2) is 56.4 Å². The van der Waals surface area contributed by atoms with Crippen LogP contribution in [0.3, 0.4) is 0 Å². The molecule has 136 valence electrons. The van der Waals surface area contributed by atoms with Gasteiger partial charge in [0, 0.05) is 38.2 Å². The normalized spacial score (nSPS) is 17.5. The van der Waals surface area contributed by atoms with Crippen LogP contribution in [0.4, 0.5) is 0 Å². The van der Waals surface area contributed by atoms with Crippen molar-refractivity contribution >= 4 is 29.9 Å². The van der Waals surface area contributed by atoms with E-state index in [0.29, 0.717) is 18.2 Å². The van der Waals surface area contributed by atoms with Crippen molar-refractivity contribution < 1.29 is 14.6 Å². The Kier molecular flexibility index (Phi) is 9.20. The fraction of sp³-hybridized carbons (Fsp3) is 0.588. The highest BCUT2D eigenvalue weighted by Gasteiger charge is 2.24. The maximum absolute atomic E-state index is 10.2.